The first-order chi connectivity index (χ1) is 19.0. The Hall–Kier alpha value is -4.26. The number of aliphatic hydroxyl groups excluding tert-OH is 1. The Bertz CT molecular complexity index is 1320. The second-order valence-electron chi connectivity index (χ2n) is 9.40. The number of amides is 1. The van der Waals surface area contributed by atoms with Crippen molar-refractivity contribution in [2.45, 2.75) is 45.7 Å². The zero-order valence-electron chi connectivity index (χ0n) is 22.7. The van der Waals surface area contributed by atoms with E-state index in [4.69, 9.17) is 14.2 Å². The topological polar surface area (TPSA) is 85.3 Å². The summed E-state index contributed by atoms with van der Waals surface area (Å²) in [7, 11) is 1.55. The molecule has 204 valence electrons. The standard InChI is InChI=1S/C32H35NO6/c1-4-6-19-39-26-17-14-24(20-27(26)37-3)29-28(30(34)23-12-15-25(16-13-23)38-18-5-2)31(35)32(36)33(29)21-22-10-8-7-9-11-22/h7-17,20,29,34H,4-6,18-19,21H2,1-3H3. The first-order valence-corrected chi connectivity index (χ1v) is 13.3. The van der Waals surface area contributed by atoms with Crippen molar-refractivity contribution in [2.75, 3.05) is 20.3 Å². The lowest BCUT2D eigenvalue weighted by atomic mass is 9.94. The SMILES string of the molecule is CCCCOc1ccc(C2C(=C(O)c3ccc(OCCC)cc3)C(=O)C(=O)N2Cc2ccccc2)cc1OC. The summed E-state index contributed by atoms with van der Waals surface area (Å²) >= 11 is 0. The van der Waals surface area contributed by atoms with Gasteiger partial charge < -0.3 is 24.2 Å². The highest BCUT2D eigenvalue weighted by molar-refractivity contribution is 6.46. The highest BCUT2D eigenvalue weighted by Gasteiger charge is 2.46. The summed E-state index contributed by atoms with van der Waals surface area (Å²) in [5.41, 5.74) is 1.95. The van der Waals surface area contributed by atoms with Crippen LogP contribution in [-0.4, -0.2) is 42.0 Å². The van der Waals surface area contributed by atoms with Gasteiger partial charge in [-0.05, 0) is 60.4 Å². The van der Waals surface area contributed by atoms with Gasteiger partial charge in [0, 0.05) is 12.1 Å². The van der Waals surface area contributed by atoms with Crippen molar-refractivity contribution < 1.29 is 28.9 Å². The highest BCUT2D eigenvalue weighted by Crippen LogP contribution is 2.42. The quantitative estimate of drug-likeness (QED) is 0.129. The summed E-state index contributed by atoms with van der Waals surface area (Å²) in [6.07, 6.45) is 2.78. The van der Waals surface area contributed by atoms with E-state index < -0.39 is 17.7 Å². The van der Waals surface area contributed by atoms with E-state index in [1.165, 1.54) is 4.90 Å². The van der Waals surface area contributed by atoms with Crippen LogP contribution in [0, 0.1) is 0 Å². The molecule has 1 heterocycles. The maximum Gasteiger partial charge on any atom is 0.295 e. The highest BCUT2D eigenvalue weighted by atomic mass is 16.5. The molecule has 7 nitrogen and oxygen atoms in total. The van der Waals surface area contributed by atoms with Gasteiger partial charge in [0.2, 0.25) is 0 Å². The van der Waals surface area contributed by atoms with Crippen LogP contribution in [0.15, 0.2) is 78.4 Å². The second-order valence-corrected chi connectivity index (χ2v) is 9.40. The van der Waals surface area contributed by atoms with Crippen LogP contribution in [0.3, 0.4) is 0 Å². The van der Waals surface area contributed by atoms with E-state index in [9.17, 15) is 14.7 Å². The van der Waals surface area contributed by atoms with Crippen LogP contribution in [0.25, 0.3) is 5.76 Å². The maximum absolute atomic E-state index is 13.4. The third kappa shape index (κ3) is 6.25. The molecule has 0 radical (unpaired) electrons. The van der Waals surface area contributed by atoms with Gasteiger partial charge in [-0.3, -0.25) is 9.59 Å². The van der Waals surface area contributed by atoms with Crippen LogP contribution < -0.4 is 14.2 Å². The van der Waals surface area contributed by atoms with Crippen LogP contribution in [0.2, 0.25) is 0 Å². The average molecular weight is 530 g/mol. The van der Waals surface area contributed by atoms with Gasteiger partial charge in [0.15, 0.2) is 11.5 Å². The van der Waals surface area contributed by atoms with Crippen molar-refractivity contribution in [2.24, 2.45) is 0 Å². The minimum Gasteiger partial charge on any atom is -0.507 e. The summed E-state index contributed by atoms with van der Waals surface area (Å²) in [6, 6.07) is 20.9. The largest absolute Gasteiger partial charge is 0.507 e. The molecule has 1 N–H and O–H groups in total. The van der Waals surface area contributed by atoms with Crippen LogP contribution in [0.5, 0.6) is 17.2 Å². The summed E-state index contributed by atoms with van der Waals surface area (Å²) in [5.74, 6) is 0.0947. The number of unbranched alkanes of at least 4 members (excludes halogenated alkanes) is 1. The van der Waals surface area contributed by atoms with E-state index in [0.29, 0.717) is 41.6 Å². The zero-order chi connectivity index (χ0) is 27.8. The minimum absolute atomic E-state index is 0.0277. The Labute approximate surface area is 229 Å². The fourth-order valence-corrected chi connectivity index (χ4v) is 4.55. The molecule has 7 heteroatoms. The van der Waals surface area contributed by atoms with Crippen molar-refractivity contribution in [3.63, 3.8) is 0 Å². The molecule has 4 rings (SSSR count). The van der Waals surface area contributed by atoms with E-state index >= 15 is 0 Å². The Kier molecular flexibility index (Phi) is 9.26. The molecule has 1 aliphatic heterocycles. The van der Waals surface area contributed by atoms with Gasteiger partial charge in [-0.15, -0.1) is 0 Å². The fraction of sp³-hybridized carbons (Fsp3) is 0.312. The number of rotatable bonds is 12. The van der Waals surface area contributed by atoms with Crippen molar-refractivity contribution in [1.29, 1.82) is 0 Å². The fourth-order valence-electron chi connectivity index (χ4n) is 4.55. The van der Waals surface area contributed by atoms with Crippen LogP contribution in [0.1, 0.15) is 55.8 Å². The molecule has 1 saturated heterocycles. The summed E-state index contributed by atoms with van der Waals surface area (Å²) in [4.78, 5) is 28.3. The lowest BCUT2D eigenvalue weighted by Gasteiger charge is -2.26. The Morgan fingerprint density at radius 3 is 2.28 bits per heavy atom. The molecule has 0 aliphatic carbocycles. The van der Waals surface area contributed by atoms with E-state index in [-0.39, 0.29) is 17.9 Å². The number of Topliss-reactive ketones (excluding diaryl/α,β-unsaturated/α-hetero) is 1. The Morgan fingerprint density at radius 1 is 0.872 bits per heavy atom. The first-order valence-electron chi connectivity index (χ1n) is 13.3. The van der Waals surface area contributed by atoms with Gasteiger partial charge in [-0.1, -0.05) is 56.7 Å². The predicted molar refractivity (Wildman–Crippen MR) is 150 cm³/mol. The number of ether oxygens (including phenoxy) is 3. The van der Waals surface area contributed by atoms with Gasteiger partial charge in [0.1, 0.15) is 11.5 Å². The summed E-state index contributed by atoms with van der Waals surface area (Å²) < 4.78 is 17.1. The number of carbonyl (C=O) groups is 2. The van der Waals surface area contributed by atoms with Crippen LogP contribution in [-0.2, 0) is 16.1 Å². The minimum atomic E-state index is -0.820. The molecule has 0 saturated carbocycles. The van der Waals surface area contributed by atoms with Crippen molar-refractivity contribution in [3.05, 3.63) is 95.1 Å². The molecular formula is C32H35NO6. The Morgan fingerprint density at radius 2 is 1.62 bits per heavy atom. The number of hydrogen-bond acceptors (Lipinski definition) is 6. The van der Waals surface area contributed by atoms with Crippen molar-refractivity contribution >= 4 is 17.4 Å². The third-order valence-corrected chi connectivity index (χ3v) is 6.60. The first kappa shape index (κ1) is 27.8. The smallest absolute Gasteiger partial charge is 0.295 e. The number of hydrogen-bond donors (Lipinski definition) is 1. The normalized spacial score (nSPS) is 16.4. The monoisotopic (exact) mass is 529 g/mol. The lowest BCUT2D eigenvalue weighted by Crippen LogP contribution is -2.29. The van der Waals surface area contributed by atoms with Gasteiger partial charge in [-0.2, -0.15) is 0 Å². The molecule has 3 aromatic carbocycles. The Balaban J connectivity index is 1.78. The lowest BCUT2D eigenvalue weighted by molar-refractivity contribution is -0.140. The molecule has 0 aromatic heterocycles. The van der Waals surface area contributed by atoms with Crippen LogP contribution in [0.4, 0.5) is 0 Å². The summed E-state index contributed by atoms with van der Waals surface area (Å²) in [5, 5.41) is 11.4. The van der Waals surface area contributed by atoms with E-state index in [0.717, 1.165) is 24.8 Å². The molecule has 1 fully saturated rings. The van der Waals surface area contributed by atoms with Crippen molar-refractivity contribution in [1.82, 2.24) is 4.90 Å². The third-order valence-electron chi connectivity index (χ3n) is 6.60. The number of methoxy groups -OCH3 is 1. The van der Waals surface area contributed by atoms with E-state index in [1.54, 1.807) is 43.5 Å². The average Bonchev–Trinajstić information content (AvgIpc) is 3.21. The summed E-state index contributed by atoms with van der Waals surface area (Å²) in [6.45, 7) is 5.44. The second kappa shape index (κ2) is 13.0. The molecule has 39 heavy (non-hydrogen) atoms. The van der Waals surface area contributed by atoms with Gasteiger partial charge in [0.25, 0.3) is 11.7 Å². The number of carbonyl (C=O) groups excluding carboxylic acids is 2. The number of nitrogens with zero attached hydrogens (tertiary/aromatic N) is 1. The number of likely N-dealkylation sites (tertiary alicyclic amines) is 1. The van der Waals surface area contributed by atoms with Crippen LogP contribution >= 0.6 is 0 Å². The predicted octanol–water partition coefficient (Wildman–Crippen LogP) is 6.28. The molecule has 3 aromatic rings. The number of ketones is 1. The van der Waals surface area contributed by atoms with Crippen molar-refractivity contribution in [3.8, 4) is 17.2 Å². The molecule has 1 amide bonds. The van der Waals surface area contributed by atoms with Gasteiger partial charge >= 0.3 is 0 Å². The number of aliphatic hydroxyl groups is 1. The molecule has 1 aliphatic rings. The molecule has 0 bridgehead atoms. The van der Waals surface area contributed by atoms with Gasteiger partial charge in [0.05, 0.1) is 31.9 Å². The van der Waals surface area contributed by atoms with E-state index in [1.807, 2.05) is 43.3 Å². The molecular weight excluding hydrogens is 494 g/mol. The number of benzene rings is 3. The van der Waals surface area contributed by atoms with Gasteiger partial charge in [-0.25, -0.2) is 0 Å². The maximum atomic E-state index is 13.4. The van der Waals surface area contributed by atoms with E-state index in [2.05, 4.69) is 6.92 Å². The molecule has 1 unspecified atom stereocenters. The molecule has 0 spiro atoms. The molecule has 1 atom stereocenters. The zero-order valence-corrected chi connectivity index (χ0v) is 22.7.